The minimum Gasteiger partial charge on any atom is -0.320 e. The third-order valence-electron chi connectivity index (χ3n) is 4.69. The van der Waals surface area contributed by atoms with Crippen LogP contribution in [0.4, 0.5) is 5.69 Å². The standard InChI is InChI=1S/C21H22N2S/c1-4-10-17(11-5-1)20-16-23(19-14-8-3-9-15-19)21(24-20)22-18-12-6-2-7-13-18/h1-2,4-7,10-13,16,19H,3,8-9,14-15H2. The monoisotopic (exact) mass is 334 g/mol. The Morgan fingerprint density at radius 3 is 2.21 bits per heavy atom. The fourth-order valence-corrected chi connectivity index (χ4v) is 4.48. The van der Waals surface area contributed by atoms with Gasteiger partial charge in [0.05, 0.1) is 10.6 Å². The summed E-state index contributed by atoms with van der Waals surface area (Å²) in [4.78, 5) is 7.36. The van der Waals surface area contributed by atoms with Crippen LogP contribution in [0.25, 0.3) is 10.4 Å². The zero-order valence-electron chi connectivity index (χ0n) is 13.8. The van der Waals surface area contributed by atoms with Crippen LogP contribution >= 0.6 is 11.3 Å². The molecule has 0 aliphatic heterocycles. The quantitative estimate of drug-likeness (QED) is 0.563. The average molecular weight is 334 g/mol. The molecular weight excluding hydrogens is 312 g/mol. The van der Waals surface area contributed by atoms with Gasteiger partial charge in [-0.25, -0.2) is 4.99 Å². The number of rotatable bonds is 3. The first kappa shape index (κ1) is 15.4. The molecule has 0 unspecified atom stereocenters. The number of para-hydroxylation sites is 1. The summed E-state index contributed by atoms with van der Waals surface area (Å²) in [5.74, 6) is 0. The van der Waals surface area contributed by atoms with Gasteiger partial charge in [0.2, 0.25) is 0 Å². The number of nitrogens with zero attached hydrogens (tertiary/aromatic N) is 2. The van der Waals surface area contributed by atoms with Gasteiger partial charge in [0, 0.05) is 12.2 Å². The molecule has 2 aromatic carbocycles. The van der Waals surface area contributed by atoms with Crippen LogP contribution < -0.4 is 4.80 Å². The lowest BCUT2D eigenvalue weighted by Crippen LogP contribution is -2.21. The zero-order valence-corrected chi connectivity index (χ0v) is 14.6. The summed E-state index contributed by atoms with van der Waals surface area (Å²) >= 11 is 1.80. The smallest absolute Gasteiger partial charge is 0.190 e. The molecule has 1 fully saturated rings. The van der Waals surface area contributed by atoms with E-state index in [9.17, 15) is 0 Å². The Morgan fingerprint density at radius 2 is 1.50 bits per heavy atom. The second kappa shape index (κ2) is 7.18. The second-order valence-electron chi connectivity index (χ2n) is 6.39. The Morgan fingerprint density at radius 1 is 0.833 bits per heavy atom. The molecule has 0 spiro atoms. The van der Waals surface area contributed by atoms with Crippen molar-refractivity contribution >= 4 is 17.0 Å². The number of hydrogen-bond donors (Lipinski definition) is 0. The first-order valence-electron chi connectivity index (χ1n) is 8.77. The third-order valence-corrected chi connectivity index (χ3v) is 5.73. The van der Waals surface area contributed by atoms with Crippen molar-refractivity contribution in [3.63, 3.8) is 0 Å². The molecule has 0 radical (unpaired) electrons. The van der Waals surface area contributed by atoms with Crippen LogP contribution in [0.5, 0.6) is 0 Å². The summed E-state index contributed by atoms with van der Waals surface area (Å²) in [6.45, 7) is 0. The lowest BCUT2D eigenvalue weighted by Gasteiger charge is -2.23. The Hall–Kier alpha value is -2.13. The van der Waals surface area contributed by atoms with E-state index in [-0.39, 0.29) is 0 Å². The van der Waals surface area contributed by atoms with Gasteiger partial charge in [0.1, 0.15) is 0 Å². The second-order valence-corrected chi connectivity index (χ2v) is 7.40. The Labute approximate surface area is 147 Å². The van der Waals surface area contributed by atoms with E-state index in [4.69, 9.17) is 4.99 Å². The fourth-order valence-electron chi connectivity index (χ4n) is 3.41. The van der Waals surface area contributed by atoms with E-state index in [1.807, 2.05) is 6.07 Å². The molecule has 1 aliphatic carbocycles. The van der Waals surface area contributed by atoms with Gasteiger partial charge in [-0.3, -0.25) is 0 Å². The number of aromatic nitrogens is 1. The summed E-state index contributed by atoms with van der Waals surface area (Å²) in [6, 6.07) is 21.5. The topological polar surface area (TPSA) is 17.3 Å². The van der Waals surface area contributed by atoms with Crippen LogP contribution in [0.3, 0.4) is 0 Å². The van der Waals surface area contributed by atoms with Gasteiger partial charge in [0.15, 0.2) is 4.80 Å². The first-order chi connectivity index (χ1) is 11.9. The lowest BCUT2D eigenvalue weighted by atomic mass is 9.95. The van der Waals surface area contributed by atoms with Gasteiger partial charge in [-0.1, -0.05) is 79.1 Å². The highest BCUT2D eigenvalue weighted by Crippen LogP contribution is 2.30. The van der Waals surface area contributed by atoms with Crippen LogP contribution in [-0.4, -0.2) is 4.57 Å². The van der Waals surface area contributed by atoms with Gasteiger partial charge >= 0.3 is 0 Å². The average Bonchev–Trinajstić information content (AvgIpc) is 3.08. The fraction of sp³-hybridized carbons (Fsp3) is 0.286. The molecule has 122 valence electrons. The minimum atomic E-state index is 0.593. The van der Waals surface area contributed by atoms with Crippen molar-refractivity contribution in [3.8, 4) is 10.4 Å². The lowest BCUT2D eigenvalue weighted by molar-refractivity contribution is 0.348. The van der Waals surface area contributed by atoms with Crippen LogP contribution in [0, 0.1) is 0 Å². The van der Waals surface area contributed by atoms with Gasteiger partial charge < -0.3 is 4.57 Å². The Bertz CT molecular complexity index is 840. The Balaban J connectivity index is 1.81. The normalized spacial score (nSPS) is 16.4. The molecule has 0 atom stereocenters. The summed E-state index contributed by atoms with van der Waals surface area (Å²) in [6.07, 6.45) is 8.90. The molecule has 3 aromatic rings. The first-order valence-corrected chi connectivity index (χ1v) is 9.59. The van der Waals surface area contributed by atoms with Crippen molar-refractivity contribution in [2.24, 2.45) is 4.99 Å². The molecule has 0 saturated heterocycles. The SMILES string of the molecule is c1ccc(N=c2sc(-c3ccccc3)cn2C2CCCCC2)cc1. The highest BCUT2D eigenvalue weighted by Gasteiger charge is 2.17. The summed E-state index contributed by atoms with van der Waals surface area (Å²) in [5, 5.41) is 0. The van der Waals surface area contributed by atoms with E-state index in [1.54, 1.807) is 11.3 Å². The van der Waals surface area contributed by atoms with Crippen LogP contribution in [0.2, 0.25) is 0 Å². The van der Waals surface area contributed by atoms with E-state index in [2.05, 4.69) is 65.4 Å². The maximum atomic E-state index is 4.94. The van der Waals surface area contributed by atoms with E-state index < -0.39 is 0 Å². The van der Waals surface area contributed by atoms with E-state index in [1.165, 1.54) is 42.5 Å². The molecule has 1 heterocycles. The van der Waals surface area contributed by atoms with Gasteiger partial charge in [-0.05, 0) is 30.5 Å². The van der Waals surface area contributed by atoms with Crippen LogP contribution in [0.1, 0.15) is 38.1 Å². The maximum absolute atomic E-state index is 4.94. The molecule has 0 N–H and O–H groups in total. The van der Waals surface area contributed by atoms with Crippen molar-refractivity contribution in [2.75, 3.05) is 0 Å². The molecule has 0 bridgehead atoms. The summed E-state index contributed by atoms with van der Waals surface area (Å²) in [5.41, 5.74) is 2.31. The third kappa shape index (κ3) is 3.36. The highest BCUT2D eigenvalue weighted by molar-refractivity contribution is 7.12. The van der Waals surface area contributed by atoms with E-state index in [0.717, 1.165) is 10.5 Å². The van der Waals surface area contributed by atoms with Gasteiger partial charge in [-0.15, -0.1) is 0 Å². The van der Waals surface area contributed by atoms with Crippen LogP contribution in [0.15, 0.2) is 71.9 Å². The molecule has 24 heavy (non-hydrogen) atoms. The summed E-state index contributed by atoms with van der Waals surface area (Å²) in [7, 11) is 0. The molecule has 1 aliphatic rings. The zero-order chi connectivity index (χ0) is 16.2. The van der Waals surface area contributed by atoms with Gasteiger partial charge in [-0.2, -0.15) is 0 Å². The molecule has 0 amide bonds. The number of benzene rings is 2. The van der Waals surface area contributed by atoms with E-state index in [0.29, 0.717) is 6.04 Å². The highest BCUT2D eigenvalue weighted by atomic mass is 32.1. The van der Waals surface area contributed by atoms with Crippen molar-refractivity contribution in [2.45, 2.75) is 38.1 Å². The molecule has 3 heteroatoms. The Kier molecular flexibility index (Phi) is 4.61. The summed E-state index contributed by atoms with van der Waals surface area (Å²) < 4.78 is 2.43. The number of thiazole rings is 1. The molecular formula is C21H22N2S. The predicted octanol–water partition coefficient (Wildman–Crippen LogP) is 5.95. The molecule has 2 nitrogen and oxygen atoms in total. The van der Waals surface area contributed by atoms with Gasteiger partial charge in [0.25, 0.3) is 0 Å². The van der Waals surface area contributed by atoms with E-state index >= 15 is 0 Å². The largest absolute Gasteiger partial charge is 0.320 e. The van der Waals surface area contributed by atoms with Crippen molar-refractivity contribution in [1.29, 1.82) is 0 Å². The molecule has 1 saturated carbocycles. The minimum absolute atomic E-state index is 0.593. The predicted molar refractivity (Wildman–Crippen MR) is 102 cm³/mol. The van der Waals surface area contributed by atoms with Crippen molar-refractivity contribution in [1.82, 2.24) is 4.57 Å². The molecule has 4 rings (SSSR count). The van der Waals surface area contributed by atoms with Crippen LogP contribution in [-0.2, 0) is 0 Å². The molecule has 1 aromatic heterocycles. The van der Waals surface area contributed by atoms with Crippen molar-refractivity contribution in [3.05, 3.63) is 71.7 Å². The maximum Gasteiger partial charge on any atom is 0.190 e. The number of hydrogen-bond acceptors (Lipinski definition) is 2. The van der Waals surface area contributed by atoms with Crippen molar-refractivity contribution < 1.29 is 0 Å².